The Morgan fingerprint density at radius 2 is 1.96 bits per heavy atom. The van der Waals surface area contributed by atoms with E-state index < -0.39 is 16.6 Å². The molecule has 2 N–H and O–H groups in total. The van der Waals surface area contributed by atoms with Crippen molar-refractivity contribution in [1.29, 1.82) is 0 Å². The molecule has 0 aliphatic rings. The van der Waals surface area contributed by atoms with Crippen molar-refractivity contribution in [2.24, 2.45) is 0 Å². The molecule has 1 heterocycles. The van der Waals surface area contributed by atoms with E-state index in [0.29, 0.717) is 11.4 Å². The van der Waals surface area contributed by atoms with E-state index in [0.717, 1.165) is 33.8 Å². The van der Waals surface area contributed by atoms with Crippen molar-refractivity contribution in [2.75, 3.05) is 6.54 Å². The maximum absolute atomic E-state index is 12.5. The van der Waals surface area contributed by atoms with Gasteiger partial charge in [-0.1, -0.05) is 23.7 Å². The number of nitrogens with one attached hydrogen (secondary N) is 2. The van der Waals surface area contributed by atoms with E-state index in [1.54, 1.807) is 0 Å². The van der Waals surface area contributed by atoms with Crippen LogP contribution in [0.4, 0.5) is 8.78 Å². The molecular formula is C19H19ClF2N2O3S. The summed E-state index contributed by atoms with van der Waals surface area (Å²) in [4.78, 5) is 3.15. The van der Waals surface area contributed by atoms with E-state index in [9.17, 15) is 17.2 Å². The smallest absolute Gasteiger partial charge is 0.387 e. The number of aryl methyl sites for hydroxylation is 2. The Balaban J connectivity index is 1.77. The first-order valence-corrected chi connectivity index (χ1v) is 10.4. The first-order chi connectivity index (χ1) is 13.2. The summed E-state index contributed by atoms with van der Waals surface area (Å²) in [5, 5.41) is 1.48. The van der Waals surface area contributed by atoms with Crippen molar-refractivity contribution >= 4 is 32.5 Å². The van der Waals surface area contributed by atoms with Crippen LogP contribution in [-0.2, 0) is 16.4 Å². The Morgan fingerprint density at radius 3 is 2.68 bits per heavy atom. The van der Waals surface area contributed by atoms with Crippen LogP contribution in [0.2, 0.25) is 5.02 Å². The number of hydrogen-bond acceptors (Lipinski definition) is 3. The van der Waals surface area contributed by atoms with E-state index >= 15 is 0 Å². The number of aromatic amines is 1. The lowest BCUT2D eigenvalue weighted by Gasteiger charge is -2.10. The van der Waals surface area contributed by atoms with E-state index in [1.807, 2.05) is 26.0 Å². The minimum Gasteiger partial charge on any atom is -0.435 e. The van der Waals surface area contributed by atoms with Gasteiger partial charge in [0.05, 0.1) is 15.4 Å². The lowest BCUT2D eigenvalue weighted by molar-refractivity contribution is -0.0499. The molecule has 0 spiro atoms. The topological polar surface area (TPSA) is 71.2 Å². The highest BCUT2D eigenvalue weighted by Gasteiger charge is 2.17. The minimum atomic E-state index is -3.87. The number of alkyl halides is 2. The number of hydrogen-bond donors (Lipinski definition) is 2. The molecule has 1 aromatic heterocycles. The van der Waals surface area contributed by atoms with Gasteiger partial charge in [-0.05, 0) is 49.6 Å². The molecule has 0 unspecified atom stereocenters. The molecule has 0 aliphatic heterocycles. The lowest BCUT2D eigenvalue weighted by Crippen LogP contribution is -2.26. The van der Waals surface area contributed by atoms with Gasteiger partial charge in [-0.25, -0.2) is 13.1 Å². The van der Waals surface area contributed by atoms with Gasteiger partial charge in [-0.3, -0.25) is 0 Å². The number of halogens is 3. The predicted octanol–water partition coefficient (Wildman–Crippen LogP) is 4.56. The van der Waals surface area contributed by atoms with Crippen LogP contribution >= 0.6 is 11.6 Å². The third-order valence-electron chi connectivity index (χ3n) is 4.44. The van der Waals surface area contributed by atoms with Crippen LogP contribution in [0.15, 0.2) is 41.3 Å². The average molecular weight is 429 g/mol. The van der Waals surface area contributed by atoms with Crippen LogP contribution in [0.1, 0.15) is 16.8 Å². The first kappa shape index (κ1) is 20.6. The zero-order valence-electron chi connectivity index (χ0n) is 15.2. The van der Waals surface area contributed by atoms with Crippen molar-refractivity contribution in [3.8, 4) is 5.75 Å². The Hall–Kier alpha value is -2.16. The van der Waals surface area contributed by atoms with E-state index in [4.69, 9.17) is 11.6 Å². The van der Waals surface area contributed by atoms with Crippen LogP contribution in [0.5, 0.6) is 5.75 Å². The van der Waals surface area contributed by atoms with Crippen molar-refractivity contribution < 1.29 is 21.9 Å². The molecule has 0 aliphatic carbocycles. The van der Waals surface area contributed by atoms with Gasteiger partial charge in [-0.15, -0.1) is 0 Å². The Labute approximate surface area is 166 Å². The zero-order valence-corrected chi connectivity index (χ0v) is 16.8. The predicted molar refractivity (Wildman–Crippen MR) is 105 cm³/mol. The molecule has 3 rings (SSSR count). The van der Waals surface area contributed by atoms with Crippen molar-refractivity contribution in [1.82, 2.24) is 9.71 Å². The summed E-state index contributed by atoms with van der Waals surface area (Å²) >= 11 is 6.34. The summed E-state index contributed by atoms with van der Waals surface area (Å²) in [6.45, 7) is 0.977. The second kappa shape index (κ2) is 8.06. The van der Waals surface area contributed by atoms with Crippen molar-refractivity contribution in [2.45, 2.75) is 31.8 Å². The number of H-pyrrole nitrogens is 1. The molecule has 28 heavy (non-hydrogen) atoms. The maximum Gasteiger partial charge on any atom is 0.387 e. The summed E-state index contributed by atoms with van der Waals surface area (Å²) in [5.74, 6) is -0.215. The molecule has 3 aromatic rings. The minimum absolute atomic E-state index is 0.125. The largest absolute Gasteiger partial charge is 0.435 e. The third kappa shape index (κ3) is 4.29. The molecule has 0 atom stereocenters. The Bertz CT molecular complexity index is 1110. The highest BCUT2D eigenvalue weighted by atomic mass is 35.5. The van der Waals surface area contributed by atoms with Gasteiger partial charge in [0.25, 0.3) is 0 Å². The van der Waals surface area contributed by atoms with Gasteiger partial charge in [0.2, 0.25) is 10.0 Å². The van der Waals surface area contributed by atoms with Gasteiger partial charge in [0.1, 0.15) is 5.75 Å². The quantitative estimate of drug-likeness (QED) is 0.579. The van der Waals surface area contributed by atoms with Gasteiger partial charge in [-0.2, -0.15) is 8.78 Å². The van der Waals surface area contributed by atoms with E-state index in [-0.39, 0.29) is 17.2 Å². The Morgan fingerprint density at radius 1 is 1.21 bits per heavy atom. The fourth-order valence-corrected chi connectivity index (χ4v) is 4.45. The molecule has 150 valence electrons. The summed E-state index contributed by atoms with van der Waals surface area (Å²) in [6, 6.07) is 8.73. The van der Waals surface area contributed by atoms with Gasteiger partial charge in [0, 0.05) is 23.7 Å². The molecule has 5 nitrogen and oxygen atoms in total. The highest BCUT2D eigenvalue weighted by molar-refractivity contribution is 7.89. The number of ether oxygens (including phenoxy) is 1. The molecule has 2 aromatic carbocycles. The number of sulfonamides is 1. The molecular weight excluding hydrogens is 410 g/mol. The molecule has 0 radical (unpaired) electrons. The second-order valence-electron chi connectivity index (χ2n) is 6.34. The fraction of sp³-hybridized carbons (Fsp3) is 0.263. The first-order valence-electron chi connectivity index (χ1n) is 8.50. The molecule has 0 fully saturated rings. The average Bonchev–Trinajstić information content (AvgIpc) is 2.96. The summed E-state index contributed by atoms with van der Waals surface area (Å²) in [6.07, 6.45) is 0.418. The molecule has 0 saturated heterocycles. The number of fused-ring (bicyclic) bond motifs is 1. The van der Waals surface area contributed by atoms with Gasteiger partial charge < -0.3 is 9.72 Å². The van der Waals surface area contributed by atoms with E-state index in [1.165, 1.54) is 18.2 Å². The standard InChI is InChI=1S/C19H19ClF2N2O3S/c1-11-6-7-16(20)17-15(12(2)24-18(11)17)8-9-23-28(25,26)14-5-3-4-13(10-14)27-19(21)22/h3-7,10,19,23-24H,8-9H2,1-2H3. The normalized spacial score (nSPS) is 12.1. The monoisotopic (exact) mass is 428 g/mol. The van der Waals surface area contributed by atoms with Crippen LogP contribution in [0.25, 0.3) is 10.9 Å². The SMILES string of the molecule is Cc1[nH]c2c(C)ccc(Cl)c2c1CCNS(=O)(=O)c1cccc(OC(F)F)c1. The number of aromatic nitrogens is 1. The van der Waals surface area contributed by atoms with Gasteiger partial charge in [0.15, 0.2) is 0 Å². The molecule has 0 bridgehead atoms. The number of rotatable bonds is 7. The molecule has 9 heteroatoms. The lowest BCUT2D eigenvalue weighted by atomic mass is 10.1. The maximum atomic E-state index is 12.5. The van der Waals surface area contributed by atoms with Crippen molar-refractivity contribution in [3.63, 3.8) is 0 Å². The second-order valence-corrected chi connectivity index (χ2v) is 8.52. The third-order valence-corrected chi connectivity index (χ3v) is 6.21. The van der Waals surface area contributed by atoms with Crippen molar-refractivity contribution in [3.05, 3.63) is 58.2 Å². The summed E-state index contributed by atoms with van der Waals surface area (Å²) in [5.41, 5.74) is 3.82. The Kier molecular flexibility index (Phi) is 5.92. The van der Waals surface area contributed by atoms with Crippen LogP contribution in [-0.4, -0.2) is 26.6 Å². The summed E-state index contributed by atoms with van der Waals surface area (Å²) in [7, 11) is -3.87. The fourth-order valence-electron chi connectivity index (χ4n) is 3.11. The van der Waals surface area contributed by atoms with Crippen LogP contribution in [0.3, 0.4) is 0 Å². The molecule has 0 amide bonds. The summed E-state index contributed by atoms with van der Waals surface area (Å²) < 4.78 is 56.4. The number of benzene rings is 2. The highest BCUT2D eigenvalue weighted by Crippen LogP contribution is 2.31. The van der Waals surface area contributed by atoms with Crippen LogP contribution in [0, 0.1) is 13.8 Å². The zero-order chi connectivity index (χ0) is 20.5. The van der Waals surface area contributed by atoms with Crippen LogP contribution < -0.4 is 9.46 Å². The van der Waals surface area contributed by atoms with E-state index in [2.05, 4.69) is 14.4 Å². The van der Waals surface area contributed by atoms with Gasteiger partial charge >= 0.3 is 6.61 Å². The molecule has 0 saturated carbocycles.